The molecule has 0 unspecified atom stereocenters. The minimum Gasteiger partial charge on any atom is -0.477 e. The number of benzene rings is 1. The molecule has 2 N–H and O–H groups in total. The molecule has 1 aliphatic heterocycles. The Morgan fingerprint density at radius 1 is 1.35 bits per heavy atom. The van der Waals surface area contributed by atoms with E-state index in [0.29, 0.717) is 12.5 Å². The molecule has 20 heavy (non-hydrogen) atoms. The first kappa shape index (κ1) is 12.7. The van der Waals surface area contributed by atoms with Crippen molar-refractivity contribution in [3.05, 3.63) is 41.7 Å². The van der Waals surface area contributed by atoms with Crippen molar-refractivity contribution in [3.63, 3.8) is 0 Å². The van der Waals surface area contributed by atoms with Crippen molar-refractivity contribution >= 4 is 11.5 Å². The van der Waals surface area contributed by atoms with Gasteiger partial charge < -0.3 is 15.4 Å². The van der Waals surface area contributed by atoms with Crippen molar-refractivity contribution < 1.29 is 4.74 Å². The van der Waals surface area contributed by atoms with Crippen molar-refractivity contribution in [2.75, 3.05) is 23.8 Å². The highest BCUT2D eigenvalue weighted by Gasteiger charge is 2.19. The van der Waals surface area contributed by atoms with Gasteiger partial charge in [0.1, 0.15) is 0 Å². The lowest BCUT2D eigenvalue weighted by atomic mass is 9.98. The van der Waals surface area contributed by atoms with Gasteiger partial charge in [0.2, 0.25) is 5.88 Å². The highest BCUT2D eigenvalue weighted by molar-refractivity contribution is 5.55. The Morgan fingerprint density at radius 2 is 2.25 bits per heavy atom. The van der Waals surface area contributed by atoms with Crippen LogP contribution in [-0.4, -0.2) is 23.1 Å². The molecule has 5 nitrogen and oxygen atoms in total. The van der Waals surface area contributed by atoms with Crippen LogP contribution in [0.3, 0.4) is 0 Å². The average molecular weight is 270 g/mol. The van der Waals surface area contributed by atoms with E-state index < -0.39 is 0 Å². The van der Waals surface area contributed by atoms with E-state index in [1.807, 2.05) is 19.1 Å². The van der Waals surface area contributed by atoms with E-state index in [-0.39, 0.29) is 0 Å². The predicted octanol–water partition coefficient (Wildman–Crippen LogP) is 2.02. The summed E-state index contributed by atoms with van der Waals surface area (Å²) in [5.41, 5.74) is 9.45. The molecule has 2 heterocycles. The Kier molecular flexibility index (Phi) is 3.41. The van der Waals surface area contributed by atoms with Gasteiger partial charge in [0.05, 0.1) is 19.0 Å². The first-order valence-electron chi connectivity index (χ1n) is 6.84. The van der Waals surface area contributed by atoms with Crippen molar-refractivity contribution in [2.45, 2.75) is 19.9 Å². The molecule has 3 rings (SSSR count). The Bertz CT molecular complexity index is 615. The largest absolute Gasteiger partial charge is 0.477 e. The van der Waals surface area contributed by atoms with Crippen molar-refractivity contribution in [1.29, 1.82) is 0 Å². The summed E-state index contributed by atoms with van der Waals surface area (Å²) in [5.74, 6) is 1.40. The van der Waals surface area contributed by atoms with Crippen LogP contribution in [0.4, 0.5) is 11.5 Å². The maximum absolute atomic E-state index is 6.07. The normalized spacial score (nSPS) is 13.9. The number of aromatic nitrogens is 2. The molecule has 1 aromatic carbocycles. The molecule has 0 aliphatic carbocycles. The van der Waals surface area contributed by atoms with E-state index >= 15 is 0 Å². The molecule has 1 aromatic heterocycles. The molecule has 0 saturated carbocycles. The molecule has 0 bridgehead atoms. The first-order valence-corrected chi connectivity index (χ1v) is 6.84. The monoisotopic (exact) mass is 270 g/mol. The van der Waals surface area contributed by atoms with E-state index in [1.165, 1.54) is 11.1 Å². The minimum absolute atomic E-state index is 0.567. The van der Waals surface area contributed by atoms with Crippen LogP contribution in [-0.2, 0) is 13.0 Å². The molecule has 5 heteroatoms. The van der Waals surface area contributed by atoms with Crippen LogP contribution in [0.5, 0.6) is 5.88 Å². The third kappa shape index (κ3) is 2.39. The zero-order valence-electron chi connectivity index (χ0n) is 11.5. The summed E-state index contributed by atoms with van der Waals surface area (Å²) in [6.07, 6.45) is 4.38. The molecule has 0 spiro atoms. The number of hydrogen-bond donors (Lipinski definition) is 1. The molecule has 2 aromatic rings. The van der Waals surface area contributed by atoms with Crippen LogP contribution in [0.25, 0.3) is 0 Å². The molecule has 104 valence electrons. The van der Waals surface area contributed by atoms with E-state index in [4.69, 9.17) is 10.5 Å². The summed E-state index contributed by atoms with van der Waals surface area (Å²) in [5, 5.41) is 0. The molecule has 0 saturated heterocycles. The standard InChI is InChI=1S/C15H18N4O/c1-2-20-15-9-17-8-14(18-15)19-7-6-11-4-3-5-13(16)12(11)10-19/h3-5,8-9H,2,6-7,10,16H2,1H3. The van der Waals surface area contributed by atoms with Crippen LogP contribution in [0.1, 0.15) is 18.1 Å². The zero-order chi connectivity index (χ0) is 13.9. The highest BCUT2D eigenvalue weighted by atomic mass is 16.5. The van der Waals surface area contributed by atoms with Gasteiger partial charge in [0.25, 0.3) is 0 Å². The van der Waals surface area contributed by atoms with Gasteiger partial charge in [-0.2, -0.15) is 4.98 Å². The topological polar surface area (TPSA) is 64.3 Å². The lowest BCUT2D eigenvalue weighted by Gasteiger charge is -2.30. The average Bonchev–Trinajstić information content (AvgIpc) is 2.48. The van der Waals surface area contributed by atoms with E-state index in [1.54, 1.807) is 12.4 Å². The van der Waals surface area contributed by atoms with Crippen molar-refractivity contribution in [2.24, 2.45) is 0 Å². The van der Waals surface area contributed by atoms with Crippen LogP contribution in [0.15, 0.2) is 30.6 Å². The summed E-state index contributed by atoms with van der Waals surface area (Å²) in [4.78, 5) is 10.9. The van der Waals surface area contributed by atoms with Gasteiger partial charge in [-0.3, -0.25) is 4.98 Å². The molecule has 0 radical (unpaired) electrons. The summed E-state index contributed by atoms with van der Waals surface area (Å²) in [7, 11) is 0. The summed E-state index contributed by atoms with van der Waals surface area (Å²) >= 11 is 0. The first-order chi connectivity index (χ1) is 9.78. The molecule has 0 atom stereocenters. The fourth-order valence-electron chi connectivity index (χ4n) is 2.51. The smallest absolute Gasteiger partial charge is 0.234 e. The Hall–Kier alpha value is -2.30. The SMILES string of the molecule is CCOc1cncc(N2CCc3cccc(N)c3C2)n1. The summed E-state index contributed by atoms with van der Waals surface area (Å²) < 4.78 is 5.41. The number of nitrogens with zero attached hydrogens (tertiary/aromatic N) is 3. The van der Waals surface area contributed by atoms with Gasteiger partial charge >= 0.3 is 0 Å². The molecule has 0 fully saturated rings. The van der Waals surface area contributed by atoms with Gasteiger partial charge in [0, 0.05) is 18.8 Å². The predicted molar refractivity (Wildman–Crippen MR) is 78.8 cm³/mol. The van der Waals surface area contributed by atoms with Crippen LogP contribution >= 0.6 is 0 Å². The number of hydrogen-bond acceptors (Lipinski definition) is 5. The summed E-state index contributed by atoms with van der Waals surface area (Å²) in [6.45, 7) is 4.22. The van der Waals surface area contributed by atoms with Gasteiger partial charge in [-0.1, -0.05) is 12.1 Å². The molecule has 0 amide bonds. The van der Waals surface area contributed by atoms with E-state index in [9.17, 15) is 0 Å². The number of rotatable bonds is 3. The lowest BCUT2D eigenvalue weighted by molar-refractivity contribution is 0.325. The fraction of sp³-hybridized carbons (Fsp3) is 0.333. The van der Waals surface area contributed by atoms with Gasteiger partial charge in [0.15, 0.2) is 5.82 Å². The van der Waals surface area contributed by atoms with Gasteiger partial charge in [-0.15, -0.1) is 0 Å². The number of nitrogens with two attached hydrogens (primary N) is 1. The Balaban J connectivity index is 1.86. The highest BCUT2D eigenvalue weighted by Crippen LogP contribution is 2.27. The second kappa shape index (κ2) is 5.36. The van der Waals surface area contributed by atoms with Gasteiger partial charge in [-0.05, 0) is 30.5 Å². The second-order valence-corrected chi connectivity index (χ2v) is 4.80. The minimum atomic E-state index is 0.567. The third-order valence-electron chi connectivity index (χ3n) is 3.53. The number of nitrogen functional groups attached to an aromatic ring is 1. The zero-order valence-corrected chi connectivity index (χ0v) is 11.5. The quantitative estimate of drug-likeness (QED) is 0.864. The van der Waals surface area contributed by atoms with Crippen LogP contribution in [0, 0.1) is 0 Å². The van der Waals surface area contributed by atoms with Crippen LogP contribution < -0.4 is 15.4 Å². The van der Waals surface area contributed by atoms with E-state index in [0.717, 1.165) is 31.0 Å². The maximum Gasteiger partial charge on any atom is 0.234 e. The Labute approximate surface area is 118 Å². The number of anilines is 2. The fourth-order valence-corrected chi connectivity index (χ4v) is 2.51. The van der Waals surface area contributed by atoms with Crippen molar-refractivity contribution in [1.82, 2.24) is 9.97 Å². The van der Waals surface area contributed by atoms with Crippen molar-refractivity contribution in [3.8, 4) is 5.88 Å². The number of fused-ring (bicyclic) bond motifs is 1. The molecule has 1 aliphatic rings. The maximum atomic E-state index is 6.07. The molecular weight excluding hydrogens is 252 g/mol. The lowest BCUT2D eigenvalue weighted by Crippen LogP contribution is -2.31. The van der Waals surface area contributed by atoms with Gasteiger partial charge in [-0.25, -0.2) is 0 Å². The number of ether oxygens (including phenoxy) is 1. The van der Waals surface area contributed by atoms with Crippen LogP contribution in [0.2, 0.25) is 0 Å². The third-order valence-corrected chi connectivity index (χ3v) is 3.53. The Morgan fingerprint density at radius 3 is 3.10 bits per heavy atom. The van der Waals surface area contributed by atoms with E-state index in [2.05, 4.69) is 20.9 Å². The molecular formula is C15H18N4O. The summed E-state index contributed by atoms with van der Waals surface area (Å²) in [6, 6.07) is 6.11. The second-order valence-electron chi connectivity index (χ2n) is 4.80.